The highest BCUT2D eigenvalue weighted by Crippen LogP contribution is 2.21. The molecule has 172 valence electrons. The molecular formula is C26H26N6O2. The molecule has 8 heteroatoms. The molecule has 0 fully saturated rings. The number of tetrazole rings is 1. The van der Waals surface area contributed by atoms with E-state index in [2.05, 4.69) is 38.4 Å². The number of rotatable bonds is 8. The second-order valence-electron chi connectivity index (χ2n) is 8.57. The Balaban J connectivity index is 1.45. The van der Waals surface area contributed by atoms with Crippen LogP contribution in [0.1, 0.15) is 33.8 Å². The van der Waals surface area contributed by atoms with Gasteiger partial charge in [0.05, 0.1) is 31.4 Å². The highest BCUT2D eigenvalue weighted by atomic mass is 16.3. The number of aryl methyl sites for hydroxylation is 2. The lowest BCUT2D eigenvalue weighted by Crippen LogP contribution is -2.28. The van der Waals surface area contributed by atoms with Gasteiger partial charge in [-0.25, -0.2) is 4.68 Å². The Bertz CT molecular complexity index is 1450. The molecule has 0 radical (unpaired) electrons. The number of nitrogens with one attached hydrogen (secondary N) is 1. The van der Waals surface area contributed by atoms with E-state index in [-0.39, 0.29) is 5.56 Å². The maximum atomic E-state index is 13.0. The van der Waals surface area contributed by atoms with E-state index in [4.69, 9.17) is 4.42 Å². The van der Waals surface area contributed by atoms with E-state index in [0.717, 1.165) is 39.2 Å². The Labute approximate surface area is 196 Å². The summed E-state index contributed by atoms with van der Waals surface area (Å²) in [7, 11) is 0. The van der Waals surface area contributed by atoms with Gasteiger partial charge >= 0.3 is 0 Å². The van der Waals surface area contributed by atoms with Crippen LogP contribution in [-0.2, 0) is 26.2 Å². The Kier molecular flexibility index (Phi) is 6.05. The number of hydrogen-bond acceptors (Lipinski definition) is 6. The molecule has 2 aromatic carbocycles. The molecule has 34 heavy (non-hydrogen) atoms. The number of aromatic nitrogens is 5. The summed E-state index contributed by atoms with van der Waals surface area (Å²) in [5.41, 5.74) is 4.78. The van der Waals surface area contributed by atoms with Gasteiger partial charge in [0.15, 0.2) is 5.82 Å². The van der Waals surface area contributed by atoms with E-state index in [9.17, 15) is 4.79 Å². The predicted molar refractivity (Wildman–Crippen MR) is 129 cm³/mol. The van der Waals surface area contributed by atoms with E-state index >= 15 is 0 Å². The molecule has 0 saturated heterocycles. The Morgan fingerprint density at radius 3 is 2.59 bits per heavy atom. The number of pyridine rings is 1. The molecule has 1 N–H and O–H groups in total. The highest BCUT2D eigenvalue weighted by molar-refractivity contribution is 5.85. The highest BCUT2D eigenvalue weighted by Gasteiger charge is 2.17. The van der Waals surface area contributed by atoms with E-state index < -0.39 is 0 Å². The molecule has 3 heterocycles. The van der Waals surface area contributed by atoms with E-state index in [1.807, 2.05) is 61.5 Å². The van der Waals surface area contributed by atoms with Gasteiger partial charge in [-0.1, -0.05) is 42.5 Å². The zero-order chi connectivity index (χ0) is 23.5. The van der Waals surface area contributed by atoms with Crippen molar-refractivity contribution in [1.29, 1.82) is 0 Å². The Morgan fingerprint density at radius 1 is 0.971 bits per heavy atom. The molecule has 3 aromatic heterocycles. The van der Waals surface area contributed by atoms with Gasteiger partial charge in [0.1, 0.15) is 5.76 Å². The summed E-state index contributed by atoms with van der Waals surface area (Å²) < 4.78 is 7.39. The van der Waals surface area contributed by atoms with Gasteiger partial charge in [0.25, 0.3) is 5.56 Å². The quantitative estimate of drug-likeness (QED) is 0.381. The van der Waals surface area contributed by atoms with Gasteiger partial charge in [-0.15, -0.1) is 5.10 Å². The van der Waals surface area contributed by atoms with Gasteiger partial charge in [0.2, 0.25) is 0 Å². The van der Waals surface area contributed by atoms with Crippen LogP contribution in [0.15, 0.2) is 76.1 Å². The lowest BCUT2D eigenvalue weighted by molar-refractivity contribution is 0.217. The summed E-state index contributed by atoms with van der Waals surface area (Å²) in [6.45, 7) is 6.06. The van der Waals surface area contributed by atoms with Crippen LogP contribution in [-0.4, -0.2) is 30.1 Å². The fourth-order valence-electron chi connectivity index (χ4n) is 4.18. The summed E-state index contributed by atoms with van der Waals surface area (Å²) in [5, 5.41) is 13.4. The first-order chi connectivity index (χ1) is 16.6. The average molecular weight is 455 g/mol. The molecule has 0 aliphatic rings. The van der Waals surface area contributed by atoms with Crippen molar-refractivity contribution in [2.24, 2.45) is 0 Å². The maximum absolute atomic E-state index is 13.0. The maximum Gasteiger partial charge on any atom is 0.252 e. The minimum absolute atomic E-state index is 0.0884. The number of aromatic amines is 1. The number of benzene rings is 2. The third-order valence-corrected chi connectivity index (χ3v) is 6.02. The van der Waals surface area contributed by atoms with Crippen LogP contribution >= 0.6 is 0 Å². The molecule has 5 rings (SSSR count). The molecule has 0 unspecified atom stereocenters. The van der Waals surface area contributed by atoms with Crippen molar-refractivity contribution in [1.82, 2.24) is 30.1 Å². The fraction of sp³-hybridized carbons (Fsp3) is 0.231. The molecule has 0 spiro atoms. The number of furan rings is 1. The van der Waals surface area contributed by atoms with E-state index in [0.29, 0.717) is 31.7 Å². The fourth-order valence-corrected chi connectivity index (χ4v) is 4.18. The molecule has 8 nitrogen and oxygen atoms in total. The van der Waals surface area contributed by atoms with Crippen LogP contribution in [0.4, 0.5) is 0 Å². The van der Waals surface area contributed by atoms with Crippen molar-refractivity contribution < 1.29 is 4.42 Å². The van der Waals surface area contributed by atoms with Gasteiger partial charge in [-0.3, -0.25) is 9.69 Å². The second kappa shape index (κ2) is 9.44. The minimum Gasteiger partial charge on any atom is -0.468 e. The van der Waals surface area contributed by atoms with Crippen molar-refractivity contribution in [2.45, 2.75) is 40.0 Å². The summed E-state index contributed by atoms with van der Waals surface area (Å²) in [6, 6.07) is 20.0. The largest absolute Gasteiger partial charge is 0.468 e. The van der Waals surface area contributed by atoms with E-state index in [1.165, 1.54) is 0 Å². The van der Waals surface area contributed by atoms with Crippen LogP contribution < -0.4 is 5.56 Å². The first kappa shape index (κ1) is 21.8. The molecular weight excluding hydrogens is 428 g/mol. The normalized spacial score (nSPS) is 11.5. The van der Waals surface area contributed by atoms with Crippen molar-refractivity contribution >= 4 is 10.9 Å². The lowest BCUT2D eigenvalue weighted by Gasteiger charge is -2.21. The smallest absolute Gasteiger partial charge is 0.252 e. The number of hydrogen-bond donors (Lipinski definition) is 1. The Hall–Kier alpha value is -4.04. The predicted octanol–water partition coefficient (Wildman–Crippen LogP) is 3.98. The van der Waals surface area contributed by atoms with Gasteiger partial charge in [-0.2, -0.15) is 0 Å². The third kappa shape index (κ3) is 4.67. The second-order valence-corrected chi connectivity index (χ2v) is 8.57. The zero-order valence-corrected chi connectivity index (χ0v) is 19.2. The van der Waals surface area contributed by atoms with Gasteiger partial charge in [0, 0.05) is 17.5 Å². The van der Waals surface area contributed by atoms with Crippen LogP contribution in [0.5, 0.6) is 0 Å². The summed E-state index contributed by atoms with van der Waals surface area (Å²) in [4.78, 5) is 18.2. The van der Waals surface area contributed by atoms with Crippen LogP contribution in [0, 0.1) is 13.8 Å². The Morgan fingerprint density at radius 2 is 1.79 bits per heavy atom. The van der Waals surface area contributed by atoms with Crippen molar-refractivity contribution in [3.63, 3.8) is 0 Å². The van der Waals surface area contributed by atoms with Crippen molar-refractivity contribution in [2.75, 3.05) is 0 Å². The standard InChI is InChI=1S/C26H26N6O2/c1-18-10-11-19(2)25-23(18)13-21(26(33)27-25)15-31(16-22-9-6-12-34-22)17-24-28-29-30-32(24)14-20-7-4-3-5-8-20/h3-13H,14-17H2,1-2H3,(H,27,33). The molecule has 0 aliphatic heterocycles. The van der Waals surface area contributed by atoms with Crippen molar-refractivity contribution in [3.8, 4) is 0 Å². The third-order valence-electron chi connectivity index (χ3n) is 6.02. The first-order valence-electron chi connectivity index (χ1n) is 11.2. The molecule has 5 aromatic rings. The average Bonchev–Trinajstić information content (AvgIpc) is 3.50. The molecule has 0 amide bonds. The summed E-state index contributed by atoms with van der Waals surface area (Å²) >= 11 is 0. The van der Waals surface area contributed by atoms with E-state index in [1.54, 1.807) is 10.9 Å². The lowest BCUT2D eigenvalue weighted by atomic mass is 10.0. The molecule has 0 atom stereocenters. The van der Waals surface area contributed by atoms with Gasteiger partial charge in [-0.05, 0) is 59.2 Å². The number of nitrogens with zero attached hydrogens (tertiary/aromatic N) is 5. The monoisotopic (exact) mass is 454 g/mol. The van der Waals surface area contributed by atoms with Crippen LogP contribution in [0.2, 0.25) is 0 Å². The number of fused-ring (bicyclic) bond motifs is 1. The molecule has 0 aliphatic carbocycles. The zero-order valence-electron chi connectivity index (χ0n) is 19.2. The summed E-state index contributed by atoms with van der Waals surface area (Å²) in [6.07, 6.45) is 1.65. The first-order valence-corrected chi connectivity index (χ1v) is 11.2. The summed E-state index contributed by atoms with van der Waals surface area (Å²) in [5.74, 6) is 1.53. The molecule has 0 bridgehead atoms. The topological polar surface area (TPSA) is 92.8 Å². The van der Waals surface area contributed by atoms with Crippen LogP contribution in [0.3, 0.4) is 0 Å². The number of H-pyrrole nitrogens is 1. The van der Waals surface area contributed by atoms with Crippen LogP contribution in [0.25, 0.3) is 10.9 Å². The SMILES string of the molecule is Cc1ccc(C)c2[nH]c(=O)c(CN(Cc3ccco3)Cc3nnnn3Cc3ccccc3)cc12. The minimum atomic E-state index is -0.0884. The van der Waals surface area contributed by atoms with Crippen molar-refractivity contribution in [3.05, 3.63) is 111 Å². The molecule has 0 saturated carbocycles. The van der Waals surface area contributed by atoms with Gasteiger partial charge < -0.3 is 9.40 Å².